The van der Waals surface area contributed by atoms with Crippen LogP contribution in [0.4, 0.5) is 0 Å². The molecule has 0 aliphatic rings. The lowest BCUT2D eigenvalue weighted by atomic mass is 9.84. The Bertz CT molecular complexity index is 385. The van der Waals surface area contributed by atoms with Gasteiger partial charge in [0, 0.05) is 13.5 Å². The van der Waals surface area contributed by atoms with Crippen LogP contribution in [-0.2, 0) is 22.4 Å². The molecule has 0 N–H and O–H groups in total. The van der Waals surface area contributed by atoms with Crippen LogP contribution in [0.1, 0.15) is 38.8 Å². The summed E-state index contributed by atoms with van der Waals surface area (Å²) in [5.41, 5.74) is 2.20. The Morgan fingerprint density at radius 2 is 1.67 bits per heavy atom. The zero-order chi connectivity index (χ0) is 13.8. The Kier molecular flexibility index (Phi) is 5.09. The Balaban J connectivity index is 2.74. The van der Waals surface area contributed by atoms with E-state index in [0.29, 0.717) is 6.42 Å². The molecule has 0 aromatic heterocycles. The number of rotatable bonds is 5. The number of hydrogen-bond donors (Lipinski definition) is 0. The van der Waals surface area contributed by atoms with Gasteiger partial charge in [0.25, 0.3) is 0 Å². The van der Waals surface area contributed by atoms with Gasteiger partial charge in [-0.2, -0.15) is 0 Å². The van der Waals surface area contributed by atoms with Crippen molar-refractivity contribution in [1.82, 2.24) is 0 Å². The highest BCUT2D eigenvalue weighted by atomic mass is 16.5. The van der Waals surface area contributed by atoms with Crippen molar-refractivity contribution in [3.63, 3.8) is 0 Å². The minimum absolute atomic E-state index is 0.147. The zero-order valence-electron chi connectivity index (χ0n) is 12.1. The highest BCUT2D eigenvalue weighted by molar-refractivity contribution is 5.85. The number of Topliss-reactive ketones (excluding diaryl/α,β-unsaturated/α-hetero) is 1. The third kappa shape index (κ3) is 3.95. The van der Waals surface area contributed by atoms with Gasteiger partial charge in [0.15, 0.2) is 5.78 Å². The van der Waals surface area contributed by atoms with Crippen LogP contribution < -0.4 is 0 Å². The third-order valence-corrected chi connectivity index (χ3v) is 3.12. The van der Waals surface area contributed by atoms with Crippen LogP contribution in [0.2, 0.25) is 0 Å². The van der Waals surface area contributed by atoms with Crippen molar-refractivity contribution in [2.45, 2.75) is 46.6 Å². The molecule has 0 spiro atoms. The molecule has 18 heavy (non-hydrogen) atoms. The second-order valence-corrected chi connectivity index (χ2v) is 5.79. The van der Waals surface area contributed by atoms with Crippen molar-refractivity contribution >= 4 is 5.78 Å². The summed E-state index contributed by atoms with van der Waals surface area (Å²) in [7, 11) is 1.61. The SMILES string of the molecule is CCc1ccc(CC(=O)C(OC)C(C)(C)C)cc1. The first-order valence-electron chi connectivity index (χ1n) is 6.51. The Morgan fingerprint density at radius 1 is 1.17 bits per heavy atom. The summed E-state index contributed by atoms with van der Waals surface area (Å²) in [4.78, 5) is 12.2. The van der Waals surface area contributed by atoms with Gasteiger partial charge in [-0.1, -0.05) is 52.0 Å². The molecule has 1 aromatic rings. The average molecular weight is 248 g/mol. The summed E-state index contributed by atoms with van der Waals surface area (Å²) in [6.07, 6.45) is 1.12. The van der Waals surface area contributed by atoms with Crippen molar-refractivity contribution in [3.05, 3.63) is 35.4 Å². The van der Waals surface area contributed by atoms with E-state index < -0.39 is 0 Å². The second-order valence-electron chi connectivity index (χ2n) is 5.79. The maximum absolute atomic E-state index is 12.2. The molecule has 0 saturated heterocycles. The summed E-state index contributed by atoms with van der Waals surface area (Å²) in [5, 5.41) is 0. The minimum Gasteiger partial charge on any atom is -0.373 e. The van der Waals surface area contributed by atoms with Crippen LogP contribution in [0, 0.1) is 5.41 Å². The smallest absolute Gasteiger partial charge is 0.166 e. The molecule has 1 unspecified atom stereocenters. The molecular weight excluding hydrogens is 224 g/mol. The van der Waals surface area contributed by atoms with E-state index in [0.717, 1.165) is 12.0 Å². The van der Waals surface area contributed by atoms with Crippen molar-refractivity contribution in [2.75, 3.05) is 7.11 Å². The van der Waals surface area contributed by atoms with E-state index in [1.54, 1.807) is 7.11 Å². The van der Waals surface area contributed by atoms with Gasteiger partial charge in [0.2, 0.25) is 0 Å². The Hall–Kier alpha value is -1.15. The number of benzene rings is 1. The van der Waals surface area contributed by atoms with Crippen LogP contribution in [0.3, 0.4) is 0 Å². The largest absolute Gasteiger partial charge is 0.373 e. The van der Waals surface area contributed by atoms with Gasteiger partial charge in [-0.3, -0.25) is 4.79 Å². The summed E-state index contributed by atoms with van der Waals surface area (Å²) in [6, 6.07) is 8.24. The Labute approximate surface area is 110 Å². The topological polar surface area (TPSA) is 26.3 Å². The van der Waals surface area contributed by atoms with Crippen LogP contribution >= 0.6 is 0 Å². The summed E-state index contributed by atoms with van der Waals surface area (Å²) >= 11 is 0. The van der Waals surface area contributed by atoms with Crippen molar-refractivity contribution < 1.29 is 9.53 Å². The fourth-order valence-electron chi connectivity index (χ4n) is 2.15. The van der Waals surface area contributed by atoms with Gasteiger partial charge >= 0.3 is 0 Å². The van der Waals surface area contributed by atoms with Crippen molar-refractivity contribution in [1.29, 1.82) is 0 Å². The first-order valence-corrected chi connectivity index (χ1v) is 6.51. The molecule has 0 aliphatic heterocycles. The third-order valence-electron chi connectivity index (χ3n) is 3.12. The first-order chi connectivity index (χ1) is 8.38. The lowest BCUT2D eigenvalue weighted by Crippen LogP contribution is -2.37. The lowest BCUT2D eigenvalue weighted by molar-refractivity contribution is -0.134. The molecule has 0 radical (unpaired) electrons. The number of carbonyl (C=O) groups is 1. The molecule has 0 bridgehead atoms. The normalized spacial score (nSPS) is 13.4. The minimum atomic E-state index is -0.344. The van der Waals surface area contributed by atoms with Gasteiger partial charge in [-0.05, 0) is 23.0 Å². The van der Waals surface area contributed by atoms with Crippen molar-refractivity contribution in [2.24, 2.45) is 5.41 Å². The number of aryl methyl sites for hydroxylation is 1. The first kappa shape index (κ1) is 14.9. The number of carbonyl (C=O) groups excluding carboxylic acids is 1. The van der Waals surface area contributed by atoms with Gasteiger partial charge in [0.05, 0.1) is 0 Å². The van der Waals surface area contributed by atoms with E-state index in [1.165, 1.54) is 5.56 Å². The van der Waals surface area contributed by atoms with Crippen LogP contribution in [-0.4, -0.2) is 19.0 Å². The van der Waals surface area contributed by atoms with E-state index in [1.807, 2.05) is 32.9 Å². The molecule has 0 saturated carbocycles. The zero-order valence-corrected chi connectivity index (χ0v) is 12.1. The predicted molar refractivity (Wildman–Crippen MR) is 74.8 cm³/mol. The predicted octanol–water partition coefficient (Wildman–Crippen LogP) is 3.42. The van der Waals surface area contributed by atoms with E-state index >= 15 is 0 Å². The fraction of sp³-hybridized carbons (Fsp3) is 0.562. The molecule has 1 rings (SSSR count). The molecule has 0 aliphatic carbocycles. The highest BCUT2D eigenvalue weighted by Crippen LogP contribution is 2.23. The fourth-order valence-corrected chi connectivity index (χ4v) is 2.15. The molecule has 100 valence electrons. The van der Waals surface area contributed by atoms with E-state index in [2.05, 4.69) is 19.1 Å². The van der Waals surface area contributed by atoms with Crippen LogP contribution in [0.5, 0.6) is 0 Å². The maximum atomic E-state index is 12.2. The van der Waals surface area contributed by atoms with Gasteiger partial charge in [-0.15, -0.1) is 0 Å². The second kappa shape index (κ2) is 6.14. The molecular formula is C16H24O2. The van der Waals surface area contributed by atoms with Gasteiger partial charge in [-0.25, -0.2) is 0 Å². The van der Waals surface area contributed by atoms with Gasteiger partial charge in [0.1, 0.15) is 6.10 Å². The van der Waals surface area contributed by atoms with E-state index in [4.69, 9.17) is 4.74 Å². The molecule has 0 heterocycles. The van der Waals surface area contributed by atoms with E-state index in [-0.39, 0.29) is 17.3 Å². The lowest BCUT2D eigenvalue weighted by Gasteiger charge is -2.28. The molecule has 0 amide bonds. The summed E-state index contributed by atoms with van der Waals surface area (Å²) in [5.74, 6) is 0.147. The monoisotopic (exact) mass is 248 g/mol. The van der Waals surface area contributed by atoms with Crippen LogP contribution in [0.15, 0.2) is 24.3 Å². The maximum Gasteiger partial charge on any atom is 0.166 e. The molecule has 1 aromatic carbocycles. The number of methoxy groups -OCH3 is 1. The van der Waals surface area contributed by atoms with Crippen LogP contribution in [0.25, 0.3) is 0 Å². The van der Waals surface area contributed by atoms with Crippen molar-refractivity contribution in [3.8, 4) is 0 Å². The van der Waals surface area contributed by atoms with Gasteiger partial charge < -0.3 is 4.74 Å². The molecule has 0 fully saturated rings. The molecule has 2 nitrogen and oxygen atoms in total. The standard InChI is InChI=1S/C16H24O2/c1-6-12-7-9-13(10-8-12)11-14(17)15(18-5)16(2,3)4/h7-10,15H,6,11H2,1-5H3. The molecule has 1 atom stereocenters. The highest BCUT2D eigenvalue weighted by Gasteiger charge is 2.30. The summed E-state index contributed by atoms with van der Waals surface area (Å²) < 4.78 is 5.34. The molecule has 2 heteroatoms. The summed E-state index contributed by atoms with van der Waals surface area (Å²) in [6.45, 7) is 8.21. The number of hydrogen-bond acceptors (Lipinski definition) is 2. The van der Waals surface area contributed by atoms with E-state index in [9.17, 15) is 4.79 Å². The average Bonchev–Trinajstić information content (AvgIpc) is 2.29. The Morgan fingerprint density at radius 3 is 2.06 bits per heavy atom. The number of ether oxygens (including phenoxy) is 1. The number of ketones is 1. The quantitative estimate of drug-likeness (QED) is 0.798.